The lowest BCUT2D eigenvalue weighted by Crippen LogP contribution is -2.20. The molecule has 13 heavy (non-hydrogen) atoms. The SMILES string of the molecule is CC(C)(C#N)CNc1ccc(Cl)s1. The Labute approximate surface area is 87.1 Å². The van der Waals surface area contributed by atoms with E-state index in [9.17, 15) is 0 Å². The van der Waals surface area contributed by atoms with Crippen molar-refractivity contribution in [1.29, 1.82) is 5.26 Å². The van der Waals surface area contributed by atoms with E-state index >= 15 is 0 Å². The lowest BCUT2D eigenvalue weighted by atomic mass is 9.96. The Kier molecular flexibility index (Phi) is 3.18. The van der Waals surface area contributed by atoms with Crippen LogP contribution in [0.25, 0.3) is 0 Å². The van der Waals surface area contributed by atoms with Gasteiger partial charge >= 0.3 is 0 Å². The third kappa shape index (κ3) is 3.25. The van der Waals surface area contributed by atoms with E-state index in [1.54, 1.807) is 0 Å². The highest BCUT2D eigenvalue weighted by Gasteiger charge is 2.16. The van der Waals surface area contributed by atoms with Crippen molar-refractivity contribution in [2.24, 2.45) is 5.41 Å². The van der Waals surface area contributed by atoms with Crippen molar-refractivity contribution in [3.05, 3.63) is 16.5 Å². The van der Waals surface area contributed by atoms with Gasteiger partial charge in [-0.05, 0) is 26.0 Å². The Morgan fingerprint density at radius 1 is 1.62 bits per heavy atom. The summed E-state index contributed by atoms with van der Waals surface area (Å²) in [5.41, 5.74) is -0.337. The Morgan fingerprint density at radius 3 is 2.77 bits per heavy atom. The smallest absolute Gasteiger partial charge is 0.0950 e. The van der Waals surface area contributed by atoms with Crippen LogP contribution in [0.1, 0.15) is 13.8 Å². The number of anilines is 1. The van der Waals surface area contributed by atoms with Gasteiger partial charge in [-0.25, -0.2) is 0 Å². The molecule has 1 rings (SSSR count). The van der Waals surface area contributed by atoms with Crippen LogP contribution in [-0.4, -0.2) is 6.54 Å². The van der Waals surface area contributed by atoms with Gasteiger partial charge in [0.05, 0.1) is 20.8 Å². The highest BCUT2D eigenvalue weighted by Crippen LogP contribution is 2.27. The van der Waals surface area contributed by atoms with Gasteiger partial charge in [0.2, 0.25) is 0 Å². The van der Waals surface area contributed by atoms with Crippen LogP contribution in [0.2, 0.25) is 4.34 Å². The molecule has 0 saturated heterocycles. The molecule has 1 aromatic rings. The monoisotopic (exact) mass is 214 g/mol. The topological polar surface area (TPSA) is 35.8 Å². The minimum absolute atomic E-state index is 0.337. The molecule has 0 bridgehead atoms. The Morgan fingerprint density at radius 2 is 2.31 bits per heavy atom. The number of halogens is 1. The maximum absolute atomic E-state index is 8.76. The molecule has 0 aliphatic heterocycles. The summed E-state index contributed by atoms with van der Waals surface area (Å²) < 4.78 is 0.761. The summed E-state index contributed by atoms with van der Waals surface area (Å²) in [6, 6.07) is 5.99. The Bertz CT molecular complexity index is 325. The number of rotatable bonds is 3. The van der Waals surface area contributed by atoms with Gasteiger partial charge in [0.15, 0.2) is 0 Å². The van der Waals surface area contributed by atoms with E-state index in [2.05, 4.69) is 11.4 Å². The van der Waals surface area contributed by atoms with E-state index < -0.39 is 0 Å². The molecule has 1 heterocycles. The molecule has 70 valence electrons. The van der Waals surface area contributed by atoms with Gasteiger partial charge in [-0.3, -0.25) is 0 Å². The van der Waals surface area contributed by atoms with Gasteiger partial charge in [0.25, 0.3) is 0 Å². The average molecular weight is 215 g/mol. The fraction of sp³-hybridized carbons (Fsp3) is 0.444. The van der Waals surface area contributed by atoms with E-state index in [0.29, 0.717) is 6.54 Å². The van der Waals surface area contributed by atoms with Crippen molar-refractivity contribution in [1.82, 2.24) is 0 Å². The summed E-state index contributed by atoms with van der Waals surface area (Å²) >= 11 is 7.24. The minimum Gasteiger partial charge on any atom is -0.375 e. The molecular formula is C9H11ClN2S. The number of nitrogens with zero attached hydrogens (tertiary/aromatic N) is 1. The lowest BCUT2D eigenvalue weighted by Gasteiger charge is -2.15. The zero-order valence-electron chi connectivity index (χ0n) is 7.60. The molecule has 2 nitrogen and oxygen atoms in total. The van der Waals surface area contributed by atoms with Crippen molar-refractivity contribution in [3.8, 4) is 6.07 Å². The summed E-state index contributed by atoms with van der Waals surface area (Å²) in [5.74, 6) is 0. The zero-order valence-corrected chi connectivity index (χ0v) is 9.17. The third-order valence-corrected chi connectivity index (χ3v) is 2.77. The molecule has 1 N–H and O–H groups in total. The molecule has 0 atom stereocenters. The number of nitriles is 1. The molecule has 0 fully saturated rings. The Balaban J connectivity index is 2.49. The standard InChI is InChI=1S/C9H11ClN2S/c1-9(2,5-11)6-12-8-4-3-7(10)13-8/h3-4,12H,6H2,1-2H3. The second-order valence-corrected chi connectivity index (χ2v) is 5.17. The number of nitrogens with one attached hydrogen (secondary N) is 1. The molecule has 4 heteroatoms. The lowest BCUT2D eigenvalue weighted by molar-refractivity contribution is 0.529. The predicted molar refractivity (Wildman–Crippen MR) is 57.2 cm³/mol. The van der Waals surface area contributed by atoms with Crippen LogP contribution >= 0.6 is 22.9 Å². The molecule has 1 aromatic heterocycles. The molecule has 0 aliphatic carbocycles. The van der Waals surface area contributed by atoms with E-state index in [-0.39, 0.29) is 5.41 Å². The van der Waals surface area contributed by atoms with Crippen LogP contribution in [0.5, 0.6) is 0 Å². The second-order valence-electron chi connectivity index (χ2n) is 3.45. The Hall–Kier alpha value is -0.720. The van der Waals surface area contributed by atoms with Crippen molar-refractivity contribution in [2.45, 2.75) is 13.8 Å². The molecule has 0 spiro atoms. The maximum Gasteiger partial charge on any atom is 0.0950 e. The molecule has 0 aliphatic rings. The van der Waals surface area contributed by atoms with Gasteiger partial charge in [0.1, 0.15) is 0 Å². The average Bonchev–Trinajstić information content (AvgIpc) is 2.48. The first kappa shape index (κ1) is 10.4. The summed E-state index contributed by atoms with van der Waals surface area (Å²) in [4.78, 5) is 0. The van der Waals surface area contributed by atoms with Crippen molar-refractivity contribution >= 4 is 27.9 Å². The normalized spacial score (nSPS) is 10.9. The molecule has 0 unspecified atom stereocenters. The van der Waals surface area contributed by atoms with Crippen molar-refractivity contribution < 1.29 is 0 Å². The van der Waals surface area contributed by atoms with E-state index in [4.69, 9.17) is 16.9 Å². The third-order valence-electron chi connectivity index (χ3n) is 1.58. The van der Waals surface area contributed by atoms with Crippen LogP contribution < -0.4 is 5.32 Å². The van der Waals surface area contributed by atoms with Crippen LogP contribution in [0.15, 0.2) is 12.1 Å². The summed E-state index contributed by atoms with van der Waals surface area (Å²) in [6.45, 7) is 4.44. The first-order chi connectivity index (χ1) is 6.03. The van der Waals surface area contributed by atoms with Gasteiger partial charge in [-0.1, -0.05) is 11.6 Å². The fourth-order valence-electron chi connectivity index (χ4n) is 0.757. The van der Waals surface area contributed by atoms with Gasteiger partial charge < -0.3 is 5.32 Å². The number of hydrogen-bond acceptors (Lipinski definition) is 3. The predicted octanol–water partition coefficient (Wildman–Crippen LogP) is 3.36. The van der Waals surface area contributed by atoms with E-state index in [0.717, 1.165) is 9.34 Å². The first-order valence-corrected chi connectivity index (χ1v) is 5.13. The molecule has 0 amide bonds. The van der Waals surface area contributed by atoms with E-state index in [1.165, 1.54) is 11.3 Å². The van der Waals surface area contributed by atoms with Crippen LogP contribution in [-0.2, 0) is 0 Å². The fourth-order valence-corrected chi connectivity index (χ4v) is 1.70. The number of thiophene rings is 1. The minimum atomic E-state index is -0.337. The highest BCUT2D eigenvalue weighted by atomic mass is 35.5. The summed E-state index contributed by atoms with van der Waals surface area (Å²) in [7, 11) is 0. The molecule has 0 aromatic carbocycles. The summed E-state index contributed by atoms with van der Waals surface area (Å²) in [5, 5.41) is 12.9. The molecule has 0 radical (unpaired) electrons. The van der Waals surface area contributed by atoms with E-state index in [1.807, 2.05) is 26.0 Å². The van der Waals surface area contributed by atoms with Crippen molar-refractivity contribution in [3.63, 3.8) is 0 Å². The molecular weight excluding hydrogens is 204 g/mol. The largest absolute Gasteiger partial charge is 0.375 e. The highest BCUT2D eigenvalue weighted by molar-refractivity contribution is 7.19. The second kappa shape index (κ2) is 3.99. The van der Waals surface area contributed by atoms with Gasteiger partial charge in [-0.2, -0.15) is 5.26 Å². The maximum atomic E-state index is 8.76. The first-order valence-electron chi connectivity index (χ1n) is 3.94. The number of hydrogen-bond donors (Lipinski definition) is 1. The van der Waals surface area contributed by atoms with Crippen LogP contribution in [0, 0.1) is 16.7 Å². The van der Waals surface area contributed by atoms with Crippen molar-refractivity contribution in [2.75, 3.05) is 11.9 Å². The quantitative estimate of drug-likeness (QED) is 0.838. The zero-order chi connectivity index (χ0) is 9.90. The molecule has 0 saturated carbocycles. The van der Waals surface area contributed by atoms with Crippen LogP contribution in [0.3, 0.4) is 0 Å². The van der Waals surface area contributed by atoms with Gasteiger partial charge in [0, 0.05) is 6.54 Å². The summed E-state index contributed by atoms with van der Waals surface area (Å²) in [6.07, 6.45) is 0. The van der Waals surface area contributed by atoms with Crippen LogP contribution in [0.4, 0.5) is 5.00 Å². The van der Waals surface area contributed by atoms with Gasteiger partial charge in [-0.15, -0.1) is 11.3 Å².